The first-order valence-corrected chi connectivity index (χ1v) is 15.2. The molecule has 0 unspecified atom stereocenters. The normalized spacial score (nSPS) is 19.5. The highest BCUT2D eigenvalue weighted by Crippen LogP contribution is 2.54. The van der Waals surface area contributed by atoms with E-state index < -0.39 is 63.7 Å². The molecule has 14 heteroatoms. The molecule has 1 saturated heterocycles. The number of alkyl halides is 3. The third kappa shape index (κ3) is 5.29. The van der Waals surface area contributed by atoms with Crippen LogP contribution >= 0.6 is 34.7 Å². The smallest absolute Gasteiger partial charge is 0.418 e. The maximum atomic E-state index is 14.0. The standard InChI is InChI=1S/C30H21ClF3N3O5S2/c1-42-18-12-6-15(7-13-18)22-23-24(27(40)37(26(23)39)20-5-3-2-4-19(20)30(32,33)34)43-28-25(22)44-29(41)36(28)14-21(38)35-17-10-8-16(31)9-11-17/h2-13,22-24H,14H2,1H3,(H,35,38)/t22-,23-,24+/m0/s1. The summed E-state index contributed by atoms with van der Waals surface area (Å²) >= 11 is 7.66. The summed E-state index contributed by atoms with van der Waals surface area (Å²) in [5.41, 5.74) is -0.650. The van der Waals surface area contributed by atoms with Gasteiger partial charge in [0.25, 0.3) is 0 Å². The van der Waals surface area contributed by atoms with Crippen LogP contribution in [0, 0.1) is 5.92 Å². The van der Waals surface area contributed by atoms with Crippen LogP contribution in [-0.2, 0) is 27.1 Å². The lowest BCUT2D eigenvalue weighted by Gasteiger charge is -2.30. The van der Waals surface area contributed by atoms with Gasteiger partial charge in [-0.1, -0.05) is 59.0 Å². The van der Waals surface area contributed by atoms with Crippen molar-refractivity contribution in [1.82, 2.24) is 4.57 Å². The fraction of sp³-hybridized carbons (Fsp3) is 0.200. The van der Waals surface area contributed by atoms with Crippen molar-refractivity contribution >= 4 is 63.8 Å². The van der Waals surface area contributed by atoms with Crippen molar-refractivity contribution in [2.75, 3.05) is 17.3 Å². The molecule has 44 heavy (non-hydrogen) atoms. The molecule has 3 heterocycles. The van der Waals surface area contributed by atoms with E-state index in [2.05, 4.69) is 5.32 Å². The van der Waals surface area contributed by atoms with E-state index >= 15 is 0 Å². The minimum absolute atomic E-state index is 0.306. The van der Waals surface area contributed by atoms with Gasteiger partial charge in [0.2, 0.25) is 17.7 Å². The lowest BCUT2D eigenvalue weighted by atomic mass is 9.83. The van der Waals surface area contributed by atoms with Crippen LogP contribution in [0.4, 0.5) is 24.5 Å². The Morgan fingerprint density at radius 1 is 0.977 bits per heavy atom. The molecule has 0 aliphatic carbocycles. The number of thiazole rings is 1. The van der Waals surface area contributed by atoms with Crippen LogP contribution in [-0.4, -0.2) is 34.6 Å². The Bertz CT molecular complexity index is 1840. The number of hydrogen-bond acceptors (Lipinski definition) is 7. The number of carbonyl (C=O) groups excluding carboxylic acids is 3. The maximum Gasteiger partial charge on any atom is 0.418 e. The summed E-state index contributed by atoms with van der Waals surface area (Å²) in [6.45, 7) is -0.393. The average molecular weight is 660 g/mol. The summed E-state index contributed by atoms with van der Waals surface area (Å²) in [6.07, 6.45) is -4.82. The number of rotatable bonds is 6. The molecule has 3 atom stereocenters. The van der Waals surface area contributed by atoms with E-state index in [1.54, 1.807) is 48.5 Å². The van der Waals surface area contributed by atoms with Crippen LogP contribution < -0.4 is 19.8 Å². The van der Waals surface area contributed by atoms with E-state index in [1.807, 2.05) is 0 Å². The molecule has 3 aromatic carbocycles. The van der Waals surface area contributed by atoms with Crippen molar-refractivity contribution in [2.24, 2.45) is 5.92 Å². The fourth-order valence-corrected chi connectivity index (χ4v) is 8.35. The Balaban J connectivity index is 1.43. The van der Waals surface area contributed by atoms with Gasteiger partial charge in [-0.25, -0.2) is 4.90 Å². The number of para-hydroxylation sites is 1. The SMILES string of the molecule is COc1ccc([C@@H]2c3sc(=O)n(CC(=O)Nc4ccc(Cl)cc4)c3S[C@H]3C(=O)N(c4ccccc4C(F)(F)F)C(=O)[C@@H]23)cc1. The number of ether oxygens (including phenoxy) is 1. The molecule has 6 rings (SSSR count). The summed E-state index contributed by atoms with van der Waals surface area (Å²) in [7, 11) is 1.48. The predicted molar refractivity (Wildman–Crippen MR) is 161 cm³/mol. The van der Waals surface area contributed by atoms with Crippen molar-refractivity contribution in [3.05, 3.63) is 103 Å². The van der Waals surface area contributed by atoms with Gasteiger partial charge in [-0.2, -0.15) is 13.2 Å². The number of thioether (sulfide) groups is 1. The van der Waals surface area contributed by atoms with Crippen LogP contribution in [0.5, 0.6) is 5.75 Å². The summed E-state index contributed by atoms with van der Waals surface area (Å²) in [4.78, 5) is 54.7. The maximum absolute atomic E-state index is 14.0. The highest BCUT2D eigenvalue weighted by molar-refractivity contribution is 8.00. The second-order valence-electron chi connectivity index (χ2n) is 10.0. The Labute approximate surface area is 261 Å². The lowest BCUT2D eigenvalue weighted by Crippen LogP contribution is -2.33. The van der Waals surface area contributed by atoms with Gasteiger partial charge in [0.05, 0.1) is 29.3 Å². The number of amides is 3. The van der Waals surface area contributed by atoms with Crippen LogP contribution in [0.15, 0.2) is 82.6 Å². The first-order valence-electron chi connectivity index (χ1n) is 13.1. The molecular formula is C30H21ClF3N3O5S2. The van der Waals surface area contributed by atoms with Gasteiger partial charge in [-0.15, -0.1) is 0 Å². The Kier molecular flexibility index (Phi) is 7.80. The predicted octanol–water partition coefficient (Wildman–Crippen LogP) is 6.03. The molecule has 226 valence electrons. The fourth-order valence-electron chi connectivity index (χ4n) is 5.45. The third-order valence-corrected chi connectivity index (χ3v) is 10.3. The second kappa shape index (κ2) is 11.5. The van der Waals surface area contributed by atoms with Gasteiger partial charge < -0.3 is 10.1 Å². The summed E-state index contributed by atoms with van der Waals surface area (Å²) in [6, 6.07) is 17.5. The van der Waals surface area contributed by atoms with Gasteiger partial charge >= 0.3 is 11.0 Å². The van der Waals surface area contributed by atoms with Gasteiger partial charge in [0.1, 0.15) is 17.5 Å². The van der Waals surface area contributed by atoms with Crippen LogP contribution in [0.25, 0.3) is 0 Å². The largest absolute Gasteiger partial charge is 0.497 e. The number of fused-ring (bicyclic) bond motifs is 2. The number of imide groups is 1. The topological polar surface area (TPSA) is 97.7 Å². The molecule has 0 spiro atoms. The minimum Gasteiger partial charge on any atom is -0.497 e. The zero-order chi connectivity index (χ0) is 31.3. The number of aromatic nitrogens is 1. The number of carbonyl (C=O) groups is 3. The van der Waals surface area contributed by atoms with Crippen molar-refractivity contribution < 1.29 is 32.3 Å². The minimum atomic E-state index is -4.82. The highest BCUT2D eigenvalue weighted by Gasteiger charge is 2.57. The summed E-state index contributed by atoms with van der Waals surface area (Å²) in [5.74, 6) is -3.59. The number of methoxy groups -OCH3 is 1. The quantitative estimate of drug-likeness (QED) is 0.254. The van der Waals surface area contributed by atoms with E-state index in [4.69, 9.17) is 16.3 Å². The first-order chi connectivity index (χ1) is 21.0. The lowest BCUT2D eigenvalue weighted by molar-refractivity contribution is -0.137. The molecule has 0 saturated carbocycles. The van der Waals surface area contributed by atoms with Crippen LogP contribution in [0.2, 0.25) is 5.02 Å². The van der Waals surface area contributed by atoms with E-state index in [1.165, 1.54) is 23.8 Å². The van der Waals surface area contributed by atoms with Crippen molar-refractivity contribution in [2.45, 2.75) is 28.9 Å². The third-order valence-electron chi connectivity index (χ3n) is 7.40. The molecule has 4 aromatic rings. The number of benzene rings is 3. The van der Waals surface area contributed by atoms with Crippen molar-refractivity contribution in [3.63, 3.8) is 0 Å². The molecule has 1 N–H and O–H groups in total. The van der Waals surface area contributed by atoms with E-state index in [0.29, 0.717) is 36.8 Å². The number of hydrogen-bond donors (Lipinski definition) is 1. The number of nitrogens with zero attached hydrogens (tertiary/aromatic N) is 2. The van der Waals surface area contributed by atoms with Crippen molar-refractivity contribution in [1.29, 1.82) is 0 Å². The zero-order valence-electron chi connectivity index (χ0n) is 22.6. The monoisotopic (exact) mass is 659 g/mol. The number of anilines is 2. The molecule has 0 bridgehead atoms. The summed E-state index contributed by atoms with van der Waals surface area (Å²) in [5, 5.41) is 2.33. The number of halogens is 4. The van der Waals surface area contributed by atoms with Crippen LogP contribution in [0.1, 0.15) is 21.9 Å². The first kappa shape index (κ1) is 30.0. The van der Waals surface area contributed by atoms with E-state index in [-0.39, 0.29) is 0 Å². The summed E-state index contributed by atoms with van der Waals surface area (Å²) < 4.78 is 48.3. The second-order valence-corrected chi connectivity index (χ2v) is 12.6. The molecule has 8 nitrogen and oxygen atoms in total. The Hall–Kier alpha value is -4.07. The van der Waals surface area contributed by atoms with E-state index in [0.717, 1.165) is 35.2 Å². The van der Waals surface area contributed by atoms with Gasteiger partial charge in [-0.05, 0) is 54.1 Å². The molecule has 2 aliphatic rings. The van der Waals surface area contributed by atoms with Crippen LogP contribution in [0.3, 0.4) is 0 Å². The van der Waals surface area contributed by atoms with Crippen molar-refractivity contribution in [3.8, 4) is 5.75 Å². The zero-order valence-corrected chi connectivity index (χ0v) is 25.0. The van der Waals surface area contributed by atoms with Gasteiger partial charge in [0.15, 0.2) is 0 Å². The Morgan fingerprint density at radius 2 is 1.66 bits per heavy atom. The molecule has 2 aliphatic heterocycles. The Morgan fingerprint density at radius 3 is 2.32 bits per heavy atom. The highest BCUT2D eigenvalue weighted by atomic mass is 35.5. The average Bonchev–Trinajstić information content (AvgIpc) is 3.44. The molecule has 3 amide bonds. The molecule has 1 aromatic heterocycles. The van der Waals surface area contributed by atoms with E-state index in [9.17, 15) is 32.3 Å². The van der Waals surface area contributed by atoms with Gasteiger partial charge in [-0.3, -0.25) is 23.7 Å². The molecule has 1 fully saturated rings. The number of nitrogens with one attached hydrogen (secondary N) is 1. The molecule has 0 radical (unpaired) electrons. The van der Waals surface area contributed by atoms with Gasteiger partial charge in [0, 0.05) is 21.5 Å². The molecular weight excluding hydrogens is 639 g/mol.